The van der Waals surface area contributed by atoms with E-state index in [1.54, 1.807) is 0 Å². The maximum atomic E-state index is 5.76. The lowest BCUT2D eigenvalue weighted by Crippen LogP contribution is -2.36. The molecule has 0 amide bonds. The predicted molar refractivity (Wildman–Crippen MR) is 82.4 cm³/mol. The molecule has 0 radical (unpaired) electrons. The highest BCUT2D eigenvalue weighted by Crippen LogP contribution is 2.33. The van der Waals surface area contributed by atoms with E-state index in [1.165, 1.54) is 38.0 Å². The molecule has 0 aromatic heterocycles. The minimum absolute atomic E-state index is 0.631. The highest BCUT2D eigenvalue weighted by atomic mass is 16.5. The Balaban J connectivity index is 1.57. The molecule has 1 atom stereocenters. The number of benzene rings is 1. The van der Waals surface area contributed by atoms with Crippen molar-refractivity contribution in [1.29, 1.82) is 0 Å². The van der Waals surface area contributed by atoms with Crippen LogP contribution in [0.25, 0.3) is 0 Å². The summed E-state index contributed by atoms with van der Waals surface area (Å²) in [6, 6.07) is 8.54. The fourth-order valence-electron chi connectivity index (χ4n) is 3.56. The Labute approximate surface area is 122 Å². The molecule has 0 spiro atoms. The summed E-state index contributed by atoms with van der Waals surface area (Å²) < 4.78 is 5.76. The van der Waals surface area contributed by atoms with Gasteiger partial charge in [0.15, 0.2) is 0 Å². The summed E-state index contributed by atoms with van der Waals surface area (Å²) in [5.74, 6) is 2.60. The summed E-state index contributed by atoms with van der Waals surface area (Å²) >= 11 is 0. The van der Waals surface area contributed by atoms with E-state index in [0.717, 1.165) is 31.2 Å². The zero-order valence-corrected chi connectivity index (χ0v) is 12.5. The first-order valence-corrected chi connectivity index (χ1v) is 7.94. The molecule has 0 bridgehead atoms. The number of fused-ring (bicyclic) bond motifs is 1. The van der Waals surface area contributed by atoms with Gasteiger partial charge in [-0.1, -0.05) is 18.2 Å². The molecule has 1 unspecified atom stereocenters. The van der Waals surface area contributed by atoms with Crippen molar-refractivity contribution in [3.8, 4) is 5.75 Å². The van der Waals surface area contributed by atoms with Crippen molar-refractivity contribution in [2.75, 3.05) is 39.8 Å². The fraction of sp³-hybridized carbons (Fsp3) is 0.647. The Bertz CT molecular complexity index is 429. The fourth-order valence-corrected chi connectivity index (χ4v) is 3.56. The number of nitrogens with one attached hydrogen (secondary N) is 1. The summed E-state index contributed by atoms with van der Waals surface area (Å²) in [5.41, 5.74) is 1.40. The van der Waals surface area contributed by atoms with Gasteiger partial charge < -0.3 is 15.0 Å². The number of piperidine rings is 1. The number of ether oxygens (including phenoxy) is 1. The van der Waals surface area contributed by atoms with Crippen molar-refractivity contribution >= 4 is 0 Å². The maximum absolute atomic E-state index is 5.76. The summed E-state index contributed by atoms with van der Waals surface area (Å²) in [4.78, 5) is 2.53. The lowest BCUT2D eigenvalue weighted by atomic mass is 9.92. The third kappa shape index (κ3) is 3.33. The van der Waals surface area contributed by atoms with Gasteiger partial charge in [-0.3, -0.25) is 0 Å². The Hall–Kier alpha value is -1.06. The van der Waals surface area contributed by atoms with E-state index in [2.05, 4.69) is 41.5 Å². The van der Waals surface area contributed by atoms with Gasteiger partial charge in [-0.05, 0) is 56.9 Å². The third-order valence-corrected chi connectivity index (χ3v) is 4.64. The van der Waals surface area contributed by atoms with Crippen molar-refractivity contribution in [3.63, 3.8) is 0 Å². The van der Waals surface area contributed by atoms with Crippen molar-refractivity contribution in [1.82, 2.24) is 10.2 Å². The molecule has 1 aromatic rings. The average Bonchev–Trinajstić information content (AvgIpc) is 2.48. The highest BCUT2D eigenvalue weighted by Gasteiger charge is 2.23. The second-order valence-electron chi connectivity index (χ2n) is 6.29. The summed E-state index contributed by atoms with van der Waals surface area (Å²) in [6.45, 7) is 5.64. The molecule has 3 heteroatoms. The van der Waals surface area contributed by atoms with Gasteiger partial charge in [0, 0.05) is 19.0 Å². The Morgan fingerprint density at radius 2 is 1.95 bits per heavy atom. The Morgan fingerprint density at radius 1 is 1.15 bits per heavy atom. The molecule has 110 valence electrons. The molecule has 2 aliphatic rings. The summed E-state index contributed by atoms with van der Waals surface area (Å²) in [6.07, 6.45) is 3.80. The van der Waals surface area contributed by atoms with E-state index in [0.29, 0.717) is 5.92 Å². The van der Waals surface area contributed by atoms with E-state index >= 15 is 0 Å². The molecular formula is C17H26N2O. The first-order valence-electron chi connectivity index (χ1n) is 7.94. The van der Waals surface area contributed by atoms with Crippen LogP contribution >= 0.6 is 0 Å². The van der Waals surface area contributed by atoms with Crippen molar-refractivity contribution in [2.45, 2.75) is 25.2 Å². The van der Waals surface area contributed by atoms with E-state index in [1.807, 2.05) is 0 Å². The van der Waals surface area contributed by atoms with Crippen LogP contribution in [0.5, 0.6) is 5.75 Å². The van der Waals surface area contributed by atoms with Gasteiger partial charge in [0.25, 0.3) is 0 Å². The molecule has 2 heterocycles. The SMILES string of the molecule is CN(CC1CCNCC1)CC1CCOc2ccccc21. The van der Waals surface area contributed by atoms with Crippen molar-refractivity contribution in [3.05, 3.63) is 29.8 Å². The van der Waals surface area contributed by atoms with Crippen LogP contribution in [-0.2, 0) is 0 Å². The van der Waals surface area contributed by atoms with Crippen LogP contribution < -0.4 is 10.1 Å². The second kappa shape index (κ2) is 6.59. The molecule has 1 aromatic carbocycles. The third-order valence-electron chi connectivity index (χ3n) is 4.64. The number of nitrogens with zero attached hydrogens (tertiary/aromatic N) is 1. The topological polar surface area (TPSA) is 24.5 Å². The van der Waals surface area contributed by atoms with Crippen LogP contribution in [0, 0.1) is 5.92 Å². The minimum Gasteiger partial charge on any atom is -0.493 e. The van der Waals surface area contributed by atoms with Crippen LogP contribution in [0.3, 0.4) is 0 Å². The molecule has 0 saturated carbocycles. The zero-order chi connectivity index (χ0) is 13.8. The lowest BCUT2D eigenvalue weighted by molar-refractivity contribution is 0.202. The van der Waals surface area contributed by atoms with Gasteiger partial charge in [0.05, 0.1) is 6.61 Å². The predicted octanol–water partition coefficient (Wildman–Crippen LogP) is 2.48. The molecule has 3 rings (SSSR count). The quantitative estimate of drug-likeness (QED) is 0.913. The first kappa shape index (κ1) is 13.9. The monoisotopic (exact) mass is 274 g/mol. The van der Waals surface area contributed by atoms with Crippen molar-refractivity contribution in [2.24, 2.45) is 5.92 Å². The molecule has 2 aliphatic heterocycles. The molecule has 1 N–H and O–H groups in total. The van der Waals surface area contributed by atoms with Gasteiger partial charge in [0.2, 0.25) is 0 Å². The van der Waals surface area contributed by atoms with E-state index < -0.39 is 0 Å². The number of hydrogen-bond acceptors (Lipinski definition) is 3. The standard InChI is InChI=1S/C17H26N2O/c1-19(12-14-6-9-18-10-7-14)13-15-8-11-20-17-5-3-2-4-16(15)17/h2-5,14-15,18H,6-13H2,1H3. The van der Waals surface area contributed by atoms with Gasteiger partial charge in [0.1, 0.15) is 5.75 Å². The van der Waals surface area contributed by atoms with Crippen LogP contribution in [0.2, 0.25) is 0 Å². The molecule has 3 nitrogen and oxygen atoms in total. The second-order valence-corrected chi connectivity index (χ2v) is 6.29. The average molecular weight is 274 g/mol. The Kier molecular flexibility index (Phi) is 4.58. The largest absolute Gasteiger partial charge is 0.493 e. The number of hydrogen-bond donors (Lipinski definition) is 1. The van der Waals surface area contributed by atoms with E-state index in [-0.39, 0.29) is 0 Å². The van der Waals surface area contributed by atoms with Crippen LogP contribution in [0.1, 0.15) is 30.7 Å². The van der Waals surface area contributed by atoms with Crippen LogP contribution in [0.4, 0.5) is 0 Å². The molecule has 0 aliphatic carbocycles. The van der Waals surface area contributed by atoms with Crippen LogP contribution in [-0.4, -0.2) is 44.7 Å². The Morgan fingerprint density at radius 3 is 2.80 bits per heavy atom. The van der Waals surface area contributed by atoms with Gasteiger partial charge in [-0.15, -0.1) is 0 Å². The number of likely N-dealkylation sites (N-methyl/N-ethyl adjacent to an activating group) is 1. The van der Waals surface area contributed by atoms with E-state index in [9.17, 15) is 0 Å². The highest BCUT2D eigenvalue weighted by molar-refractivity contribution is 5.37. The van der Waals surface area contributed by atoms with Gasteiger partial charge >= 0.3 is 0 Å². The normalized spacial score (nSPS) is 23.4. The minimum atomic E-state index is 0.631. The molecule has 20 heavy (non-hydrogen) atoms. The molecule has 1 saturated heterocycles. The smallest absolute Gasteiger partial charge is 0.122 e. The first-order chi connectivity index (χ1) is 9.83. The van der Waals surface area contributed by atoms with E-state index in [4.69, 9.17) is 4.74 Å². The summed E-state index contributed by atoms with van der Waals surface area (Å²) in [7, 11) is 2.28. The number of rotatable bonds is 4. The van der Waals surface area contributed by atoms with Gasteiger partial charge in [-0.25, -0.2) is 0 Å². The van der Waals surface area contributed by atoms with Crippen LogP contribution in [0.15, 0.2) is 24.3 Å². The van der Waals surface area contributed by atoms with Crippen molar-refractivity contribution < 1.29 is 4.74 Å². The zero-order valence-electron chi connectivity index (χ0n) is 12.5. The number of para-hydroxylation sites is 1. The molecule has 1 fully saturated rings. The van der Waals surface area contributed by atoms with Gasteiger partial charge in [-0.2, -0.15) is 0 Å². The lowest BCUT2D eigenvalue weighted by Gasteiger charge is -2.32. The maximum Gasteiger partial charge on any atom is 0.122 e. The summed E-state index contributed by atoms with van der Waals surface area (Å²) in [5, 5.41) is 3.45. The molecular weight excluding hydrogens is 248 g/mol.